The lowest BCUT2D eigenvalue weighted by Crippen LogP contribution is -2.26. The highest BCUT2D eigenvalue weighted by Gasteiger charge is 2.34. The molecule has 1 amide bonds. The van der Waals surface area contributed by atoms with Crippen molar-refractivity contribution >= 4 is 66.3 Å². The zero-order valence-electron chi connectivity index (χ0n) is 10.9. The molecule has 1 N–H and O–H groups in total. The molecule has 8 heteroatoms. The fourth-order valence-electron chi connectivity index (χ4n) is 2.15. The second kappa shape index (κ2) is 6.50. The van der Waals surface area contributed by atoms with Crippen LogP contribution in [0.25, 0.3) is 0 Å². The number of nitrogens with zero attached hydrogens (tertiary/aromatic N) is 1. The van der Waals surface area contributed by atoms with Gasteiger partial charge in [-0.3, -0.25) is 9.59 Å². The molecule has 0 radical (unpaired) electrons. The number of hydrogen-bond donors (Lipinski definition) is 1. The summed E-state index contributed by atoms with van der Waals surface area (Å²) in [6, 6.07) is 2.92. The van der Waals surface area contributed by atoms with E-state index >= 15 is 0 Å². The van der Waals surface area contributed by atoms with E-state index in [4.69, 9.17) is 5.11 Å². The molecule has 1 fully saturated rings. The first-order chi connectivity index (χ1) is 9.79. The molecule has 0 bridgehead atoms. The minimum absolute atomic E-state index is 0.0194. The SMILES string of the molecule is CC(=O)SC1CC(=O)N(c2c(Br)cc(C(=O)O)cc2Br)C1. The summed E-state index contributed by atoms with van der Waals surface area (Å²) in [5.41, 5.74) is 0.718. The van der Waals surface area contributed by atoms with Gasteiger partial charge in [0.15, 0.2) is 5.12 Å². The summed E-state index contributed by atoms with van der Waals surface area (Å²) >= 11 is 7.79. The maximum absolute atomic E-state index is 12.1. The Kier molecular flexibility index (Phi) is 5.11. The van der Waals surface area contributed by atoms with E-state index < -0.39 is 5.97 Å². The van der Waals surface area contributed by atoms with E-state index in [0.29, 0.717) is 27.6 Å². The Bertz CT molecular complexity index is 612. The fraction of sp³-hybridized carbons (Fsp3) is 0.308. The highest BCUT2D eigenvalue weighted by atomic mass is 79.9. The second-order valence-electron chi connectivity index (χ2n) is 4.53. The molecule has 1 atom stereocenters. The first kappa shape index (κ1) is 16.5. The average Bonchev–Trinajstić information content (AvgIpc) is 2.68. The number of halogens is 2. The van der Waals surface area contributed by atoms with Gasteiger partial charge in [-0.15, -0.1) is 0 Å². The molecule has 112 valence electrons. The number of thioether (sulfide) groups is 1. The predicted molar refractivity (Wildman–Crippen MR) is 87.8 cm³/mol. The van der Waals surface area contributed by atoms with Crippen LogP contribution in [0, 0.1) is 0 Å². The van der Waals surface area contributed by atoms with Gasteiger partial charge >= 0.3 is 5.97 Å². The van der Waals surface area contributed by atoms with Crippen LogP contribution in [0.5, 0.6) is 0 Å². The summed E-state index contributed by atoms with van der Waals surface area (Å²) in [6.07, 6.45) is 0.295. The third-order valence-corrected chi connectivity index (χ3v) is 5.15. The highest BCUT2D eigenvalue weighted by Crippen LogP contribution is 2.39. The molecule has 0 saturated carbocycles. The molecular formula is C13H11Br2NO4S. The third-order valence-electron chi connectivity index (χ3n) is 2.96. The van der Waals surface area contributed by atoms with E-state index in [-0.39, 0.29) is 21.8 Å². The molecule has 1 aromatic carbocycles. The minimum atomic E-state index is -1.04. The van der Waals surface area contributed by atoms with Crippen molar-refractivity contribution in [3.8, 4) is 0 Å². The number of benzene rings is 1. The number of carbonyl (C=O) groups excluding carboxylic acids is 2. The molecule has 1 aliphatic rings. The first-order valence-corrected chi connectivity index (χ1v) is 8.46. The van der Waals surface area contributed by atoms with E-state index in [1.807, 2.05) is 0 Å². The van der Waals surface area contributed by atoms with Gasteiger partial charge in [-0.25, -0.2) is 4.79 Å². The Morgan fingerprint density at radius 1 is 1.33 bits per heavy atom. The number of aromatic carboxylic acids is 1. The van der Waals surface area contributed by atoms with Crippen molar-refractivity contribution < 1.29 is 19.5 Å². The Hall–Kier alpha value is -0.860. The number of rotatable bonds is 3. The maximum Gasteiger partial charge on any atom is 0.335 e. The van der Waals surface area contributed by atoms with Crippen LogP contribution in [-0.2, 0) is 9.59 Å². The molecule has 1 aromatic rings. The predicted octanol–water partition coefficient (Wildman–Crippen LogP) is 3.29. The van der Waals surface area contributed by atoms with Gasteiger partial charge in [-0.1, -0.05) is 11.8 Å². The van der Waals surface area contributed by atoms with Crippen molar-refractivity contribution in [3.05, 3.63) is 26.6 Å². The quantitative estimate of drug-likeness (QED) is 0.786. The lowest BCUT2D eigenvalue weighted by molar-refractivity contribution is -0.117. The van der Waals surface area contributed by atoms with E-state index in [9.17, 15) is 14.4 Å². The Balaban J connectivity index is 2.32. The summed E-state index contributed by atoms with van der Waals surface area (Å²) in [7, 11) is 0. The van der Waals surface area contributed by atoms with Gasteiger partial charge in [0.2, 0.25) is 5.91 Å². The van der Waals surface area contributed by atoms with Gasteiger partial charge in [0.05, 0.1) is 11.3 Å². The topological polar surface area (TPSA) is 74.7 Å². The highest BCUT2D eigenvalue weighted by molar-refractivity contribution is 9.11. The molecule has 1 unspecified atom stereocenters. The molecule has 1 heterocycles. The molecule has 2 rings (SSSR count). The minimum Gasteiger partial charge on any atom is -0.478 e. The van der Waals surface area contributed by atoms with Crippen LogP contribution in [0.4, 0.5) is 5.69 Å². The summed E-state index contributed by atoms with van der Waals surface area (Å²) in [4.78, 5) is 35.9. The normalized spacial score (nSPS) is 18.1. The second-order valence-corrected chi connectivity index (χ2v) is 7.72. The van der Waals surface area contributed by atoms with E-state index in [1.54, 1.807) is 4.90 Å². The monoisotopic (exact) mass is 435 g/mol. The number of hydrogen-bond acceptors (Lipinski definition) is 4. The molecule has 0 aromatic heterocycles. The average molecular weight is 437 g/mol. The molecule has 1 saturated heterocycles. The molecule has 0 aliphatic carbocycles. The molecule has 0 spiro atoms. The van der Waals surface area contributed by atoms with Crippen LogP contribution < -0.4 is 4.90 Å². The van der Waals surface area contributed by atoms with Crippen molar-refractivity contribution in [1.82, 2.24) is 0 Å². The third kappa shape index (κ3) is 3.67. The van der Waals surface area contributed by atoms with Crippen molar-refractivity contribution in [2.24, 2.45) is 0 Å². The molecule has 5 nitrogen and oxygen atoms in total. The Labute approximate surface area is 142 Å². The summed E-state index contributed by atoms with van der Waals surface area (Å²) in [5.74, 6) is -1.13. The fourth-order valence-corrected chi connectivity index (χ4v) is 4.68. The lowest BCUT2D eigenvalue weighted by Gasteiger charge is -2.20. The standard InChI is InChI=1S/C13H11Br2NO4S/c1-6(17)21-8-4-11(18)16(5-8)12-9(14)2-7(13(19)20)3-10(12)15/h2-3,8H,4-5H2,1H3,(H,19,20). The number of carbonyl (C=O) groups is 3. The molecule has 21 heavy (non-hydrogen) atoms. The van der Waals surface area contributed by atoms with Gasteiger partial charge < -0.3 is 10.0 Å². The summed E-state index contributed by atoms with van der Waals surface area (Å²) in [6.45, 7) is 1.90. The summed E-state index contributed by atoms with van der Waals surface area (Å²) < 4.78 is 1.05. The van der Waals surface area contributed by atoms with Crippen molar-refractivity contribution in [2.75, 3.05) is 11.4 Å². The van der Waals surface area contributed by atoms with Crippen LogP contribution in [0.15, 0.2) is 21.1 Å². The van der Waals surface area contributed by atoms with E-state index in [2.05, 4.69) is 31.9 Å². The zero-order chi connectivity index (χ0) is 15.7. The number of anilines is 1. The number of amides is 1. The van der Waals surface area contributed by atoms with Crippen LogP contribution in [0.2, 0.25) is 0 Å². The van der Waals surface area contributed by atoms with Crippen molar-refractivity contribution in [1.29, 1.82) is 0 Å². The number of carboxylic acids is 1. The Morgan fingerprint density at radius 2 is 1.90 bits per heavy atom. The molecular weight excluding hydrogens is 426 g/mol. The van der Waals surface area contributed by atoms with Gasteiger partial charge in [0.1, 0.15) is 0 Å². The van der Waals surface area contributed by atoms with Gasteiger partial charge in [-0.05, 0) is 44.0 Å². The first-order valence-electron chi connectivity index (χ1n) is 5.99. The van der Waals surface area contributed by atoms with Crippen LogP contribution in [0.3, 0.4) is 0 Å². The van der Waals surface area contributed by atoms with Crippen molar-refractivity contribution in [2.45, 2.75) is 18.6 Å². The summed E-state index contributed by atoms with van der Waals surface area (Å²) in [5, 5.41) is 8.92. The van der Waals surface area contributed by atoms with Gasteiger partial charge in [0.25, 0.3) is 0 Å². The maximum atomic E-state index is 12.1. The molecule has 1 aliphatic heterocycles. The Morgan fingerprint density at radius 3 is 2.38 bits per heavy atom. The van der Waals surface area contributed by atoms with Gasteiger partial charge in [-0.2, -0.15) is 0 Å². The van der Waals surface area contributed by atoms with Gasteiger partial charge in [0, 0.05) is 34.1 Å². The van der Waals surface area contributed by atoms with Crippen molar-refractivity contribution in [3.63, 3.8) is 0 Å². The largest absolute Gasteiger partial charge is 0.478 e. The lowest BCUT2D eigenvalue weighted by atomic mass is 10.2. The smallest absolute Gasteiger partial charge is 0.335 e. The van der Waals surface area contributed by atoms with Crippen LogP contribution >= 0.6 is 43.6 Å². The number of carboxylic acid groups (broad SMARTS) is 1. The van der Waals surface area contributed by atoms with Crippen LogP contribution in [-0.4, -0.2) is 33.9 Å². The van der Waals surface area contributed by atoms with Crippen LogP contribution in [0.1, 0.15) is 23.7 Å². The van der Waals surface area contributed by atoms with E-state index in [0.717, 1.165) is 11.8 Å². The van der Waals surface area contributed by atoms with E-state index in [1.165, 1.54) is 19.1 Å². The zero-order valence-corrected chi connectivity index (χ0v) is 14.9.